The normalized spacial score (nSPS) is 11.9. The van der Waals surface area contributed by atoms with Gasteiger partial charge < -0.3 is 28.1 Å². The van der Waals surface area contributed by atoms with Crippen molar-refractivity contribution >= 4 is 5.97 Å². The number of rotatable bonds is 14. The summed E-state index contributed by atoms with van der Waals surface area (Å²) in [6, 6.07) is 13.2. The Hall–Kier alpha value is -3.52. The Bertz CT molecular complexity index is 1140. The SMILES string of the molecule is CCOC(=O)C(Cc1ccc(OCc2nc(-c3ccc(OC(C)C)cc3)oc2C)cc1OCC)OCC. The Kier molecular flexibility index (Phi) is 10.4. The molecule has 0 spiro atoms. The summed E-state index contributed by atoms with van der Waals surface area (Å²) in [5.41, 5.74) is 2.41. The smallest absolute Gasteiger partial charge is 0.335 e. The molecule has 3 rings (SSSR count). The van der Waals surface area contributed by atoms with Crippen LogP contribution in [0, 0.1) is 6.92 Å². The van der Waals surface area contributed by atoms with E-state index in [0.717, 1.165) is 16.9 Å². The Morgan fingerprint density at radius 3 is 2.32 bits per heavy atom. The minimum atomic E-state index is -0.696. The average molecular weight is 512 g/mol. The first-order valence-electron chi connectivity index (χ1n) is 12.7. The van der Waals surface area contributed by atoms with Gasteiger partial charge in [-0.25, -0.2) is 9.78 Å². The molecule has 1 atom stereocenters. The molecule has 37 heavy (non-hydrogen) atoms. The lowest BCUT2D eigenvalue weighted by Crippen LogP contribution is -2.29. The molecular formula is C29H37NO7. The summed E-state index contributed by atoms with van der Waals surface area (Å²) in [7, 11) is 0. The van der Waals surface area contributed by atoms with Crippen LogP contribution in [0.25, 0.3) is 11.5 Å². The van der Waals surface area contributed by atoms with E-state index in [2.05, 4.69) is 4.98 Å². The number of carbonyl (C=O) groups excluding carboxylic acids is 1. The second-order valence-electron chi connectivity index (χ2n) is 8.60. The number of carbonyl (C=O) groups is 1. The summed E-state index contributed by atoms with van der Waals surface area (Å²) < 4.78 is 34.2. The van der Waals surface area contributed by atoms with Crippen molar-refractivity contribution in [1.29, 1.82) is 0 Å². The van der Waals surface area contributed by atoms with Crippen molar-refractivity contribution in [3.63, 3.8) is 0 Å². The summed E-state index contributed by atoms with van der Waals surface area (Å²) in [4.78, 5) is 16.9. The van der Waals surface area contributed by atoms with Crippen LogP contribution in [0.4, 0.5) is 0 Å². The summed E-state index contributed by atoms with van der Waals surface area (Å²) in [6.45, 7) is 12.8. The van der Waals surface area contributed by atoms with Gasteiger partial charge in [0.25, 0.3) is 0 Å². The third-order valence-electron chi connectivity index (χ3n) is 5.40. The molecule has 0 aliphatic heterocycles. The Morgan fingerprint density at radius 2 is 1.68 bits per heavy atom. The number of benzene rings is 2. The molecule has 8 heteroatoms. The fourth-order valence-corrected chi connectivity index (χ4v) is 3.71. The first kappa shape index (κ1) is 28.1. The molecule has 3 aromatic rings. The van der Waals surface area contributed by atoms with E-state index in [4.69, 9.17) is 28.1 Å². The van der Waals surface area contributed by atoms with E-state index in [-0.39, 0.29) is 18.7 Å². The Balaban J connectivity index is 1.70. The molecule has 0 aliphatic carbocycles. The Morgan fingerprint density at radius 1 is 0.946 bits per heavy atom. The van der Waals surface area contributed by atoms with E-state index in [1.165, 1.54) is 0 Å². The zero-order chi connectivity index (χ0) is 26.8. The molecule has 0 saturated carbocycles. The van der Waals surface area contributed by atoms with E-state index >= 15 is 0 Å². The van der Waals surface area contributed by atoms with Gasteiger partial charge in [0.05, 0.1) is 19.3 Å². The molecule has 0 amide bonds. The molecule has 0 N–H and O–H groups in total. The van der Waals surface area contributed by atoms with Crippen molar-refractivity contribution in [2.45, 2.75) is 66.8 Å². The maximum Gasteiger partial charge on any atom is 0.335 e. The lowest BCUT2D eigenvalue weighted by atomic mass is 10.1. The number of aryl methyl sites for hydroxylation is 1. The van der Waals surface area contributed by atoms with Gasteiger partial charge in [-0.1, -0.05) is 6.07 Å². The van der Waals surface area contributed by atoms with Gasteiger partial charge in [-0.3, -0.25) is 0 Å². The summed E-state index contributed by atoms with van der Waals surface area (Å²) in [6.07, 6.45) is -0.243. The lowest BCUT2D eigenvalue weighted by Gasteiger charge is -2.18. The zero-order valence-corrected chi connectivity index (χ0v) is 22.5. The minimum Gasteiger partial charge on any atom is -0.493 e. The van der Waals surface area contributed by atoms with Crippen LogP contribution in [0.2, 0.25) is 0 Å². The predicted molar refractivity (Wildman–Crippen MR) is 140 cm³/mol. The molecule has 1 aromatic heterocycles. The minimum absolute atomic E-state index is 0.111. The van der Waals surface area contributed by atoms with Crippen molar-refractivity contribution in [2.75, 3.05) is 19.8 Å². The van der Waals surface area contributed by atoms with E-state index in [0.29, 0.717) is 55.1 Å². The molecule has 1 unspecified atom stereocenters. The van der Waals surface area contributed by atoms with Crippen LogP contribution in [0.1, 0.15) is 51.6 Å². The van der Waals surface area contributed by atoms with Gasteiger partial charge in [-0.15, -0.1) is 0 Å². The third-order valence-corrected chi connectivity index (χ3v) is 5.40. The number of hydrogen-bond acceptors (Lipinski definition) is 8. The maximum atomic E-state index is 12.3. The van der Waals surface area contributed by atoms with Gasteiger partial charge >= 0.3 is 5.97 Å². The van der Waals surface area contributed by atoms with Crippen molar-refractivity contribution in [3.8, 4) is 28.7 Å². The lowest BCUT2D eigenvalue weighted by molar-refractivity contribution is -0.156. The van der Waals surface area contributed by atoms with Crippen LogP contribution < -0.4 is 14.2 Å². The topological polar surface area (TPSA) is 89.3 Å². The molecule has 2 aromatic carbocycles. The standard InChI is InChI=1S/C29H37NO7/c1-7-32-26-17-24(15-12-22(26)16-27(33-8-2)29(31)34-9-3)35-18-25-20(6)37-28(30-25)21-10-13-23(14-11-21)36-19(4)5/h10-15,17,19,27H,7-9,16,18H2,1-6H3. The molecule has 8 nitrogen and oxygen atoms in total. The van der Waals surface area contributed by atoms with E-state index in [1.54, 1.807) is 6.92 Å². The third kappa shape index (κ3) is 7.98. The monoisotopic (exact) mass is 511 g/mol. The molecular weight excluding hydrogens is 474 g/mol. The fraction of sp³-hybridized carbons (Fsp3) is 0.448. The highest BCUT2D eigenvalue weighted by Crippen LogP contribution is 2.29. The van der Waals surface area contributed by atoms with Crippen LogP contribution in [-0.2, 0) is 27.3 Å². The highest BCUT2D eigenvalue weighted by atomic mass is 16.6. The van der Waals surface area contributed by atoms with Crippen molar-refractivity contribution in [1.82, 2.24) is 4.98 Å². The van der Waals surface area contributed by atoms with Crippen molar-refractivity contribution < 1.29 is 32.9 Å². The largest absolute Gasteiger partial charge is 0.493 e. The molecule has 0 fully saturated rings. The van der Waals surface area contributed by atoms with E-state index in [9.17, 15) is 4.79 Å². The van der Waals surface area contributed by atoms with Crippen LogP contribution >= 0.6 is 0 Å². The van der Waals surface area contributed by atoms with Crippen LogP contribution in [0.3, 0.4) is 0 Å². The number of nitrogens with zero attached hydrogens (tertiary/aromatic N) is 1. The van der Waals surface area contributed by atoms with Crippen LogP contribution in [0.5, 0.6) is 17.2 Å². The van der Waals surface area contributed by atoms with E-state index < -0.39 is 6.10 Å². The van der Waals surface area contributed by atoms with Gasteiger partial charge in [0.15, 0.2) is 6.10 Å². The van der Waals surface area contributed by atoms with Gasteiger partial charge in [0.2, 0.25) is 5.89 Å². The number of aromatic nitrogens is 1. The van der Waals surface area contributed by atoms with Crippen LogP contribution in [-0.4, -0.2) is 43.0 Å². The quantitative estimate of drug-likeness (QED) is 0.246. The summed E-state index contributed by atoms with van der Waals surface area (Å²) >= 11 is 0. The number of ether oxygens (including phenoxy) is 5. The highest BCUT2D eigenvalue weighted by Gasteiger charge is 2.23. The first-order chi connectivity index (χ1) is 17.8. The average Bonchev–Trinajstić information content (AvgIpc) is 3.24. The molecule has 0 radical (unpaired) electrons. The van der Waals surface area contributed by atoms with Crippen LogP contribution in [0.15, 0.2) is 46.9 Å². The zero-order valence-electron chi connectivity index (χ0n) is 22.5. The molecule has 0 aliphatic rings. The number of oxazole rings is 1. The second-order valence-corrected chi connectivity index (χ2v) is 8.60. The fourth-order valence-electron chi connectivity index (χ4n) is 3.71. The van der Waals surface area contributed by atoms with Gasteiger partial charge in [-0.2, -0.15) is 0 Å². The van der Waals surface area contributed by atoms with Gasteiger partial charge in [-0.05, 0) is 77.4 Å². The number of hydrogen-bond donors (Lipinski definition) is 0. The maximum absolute atomic E-state index is 12.3. The molecule has 0 saturated heterocycles. The van der Waals surface area contributed by atoms with Gasteiger partial charge in [0.1, 0.15) is 35.3 Å². The predicted octanol–water partition coefficient (Wildman–Crippen LogP) is 5.93. The molecule has 0 bridgehead atoms. The number of esters is 1. The Labute approximate surface area is 218 Å². The van der Waals surface area contributed by atoms with E-state index in [1.807, 2.05) is 77.1 Å². The summed E-state index contributed by atoms with van der Waals surface area (Å²) in [5, 5.41) is 0. The van der Waals surface area contributed by atoms with Crippen molar-refractivity contribution in [2.24, 2.45) is 0 Å². The molecule has 1 heterocycles. The second kappa shape index (κ2) is 13.7. The first-order valence-corrected chi connectivity index (χ1v) is 12.7. The van der Waals surface area contributed by atoms with Crippen molar-refractivity contribution in [3.05, 3.63) is 59.5 Å². The summed E-state index contributed by atoms with van der Waals surface area (Å²) in [5.74, 6) is 2.89. The van der Waals surface area contributed by atoms with Gasteiger partial charge in [0, 0.05) is 24.7 Å². The molecule has 200 valence electrons. The highest BCUT2D eigenvalue weighted by molar-refractivity contribution is 5.75.